The van der Waals surface area contributed by atoms with Crippen molar-refractivity contribution in [2.45, 2.75) is 30.3 Å². The second kappa shape index (κ2) is 10.1. The topological polar surface area (TPSA) is 78.4 Å². The maximum atomic E-state index is 14.9. The second-order valence-corrected chi connectivity index (χ2v) is 10.6. The number of sulfonamides is 1. The molecular formula is C21H21ClF3N5O2S2. The first-order chi connectivity index (χ1) is 16.1. The van der Waals surface area contributed by atoms with Crippen LogP contribution in [0.3, 0.4) is 0 Å². The number of halogens is 4. The zero-order chi connectivity index (χ0) is 24.5. The SMILES string of the molecule is CN(c1cc(F)c(S(=O)(=O)Nc2cscn2)cc1Cl)C1CCN(Cc2cccc(C(F)F)n2)C1. The lowest BCUT2D eigenvalue weighted by Crippen LogP contribution is -2.34. The highest BCUT2D eigenvalue weighted by molar-refractivity contribution is 7.92. The summed E-state index contributed by atoms with van der Waals surface area (Å²) in [5.41, 5.74) is 2.10. The number of likely N-dealkylation sites (N-methyl/N-ethyl adjacent to an activating group) is 1. The van der Waals surface area contributed by atoms with Gasteiger partial charge < -0.3 is 4.90 Å². The van der Waals surface area contributed by atoms with Gasteiger partial charge in [-0.05, 0) is 24.6 Å². The van der Waals surface area contributed by atoms with Crippen LogP contribution >= 0.6 is 22.9 Å². The van der Waals surface area contributed by atoms with Crippen LogP contribution in [0.4, 0.5) is 24.7 Å². The predicted octanol–water partition coefficient (Wildman–Crippen LogP) is 4.78. The van der Waals surface area contributed by atoms with Gasteiger partial charge in [-0.2, -0.15) is 0 Å². The molecule has 0 bridgehead atoms. The Balaban J connectivity index is 1.46. The van der Waals surface area contributed by atoms with Crippen molar-refractivity contribution in [2.75, 3.05) is 29.8 Å². The molecule has 1 saturated heterocycles. The normalized spacial score (nSPS) is 16.8. The van der Waals surface area contributed by atoms with Gasteiger partial charge in [-0.1, -0.05) is 17.7 Å². The summed E-state index contributed by atoms with van der Waals surface area (Å²) in [6.45, 7) is 1.69. The molecule has 1 atom stereocenters. The third-order valence-electron chi connectivity index (χ3n) is 5.57. The molecule has 182 valence electrons. The van der Waals surface area contributed by atoms with Crippen molar-refractivity contribution < 1.29 is 21.6 Å². The van der Waals surface area contributed by atoms with E-state index in [0.717, 1.165) is 18.6 Å². The number of hydrogen-bond acceptors (Lipinski definition) is 7. The molecule has 1 aliphatic heterocycles. The zero-order valence-electron chi connectivity index (χ0n) is 18.0. The highest BCUT2D eigenvalue weighted by Gasteiger charge is 2.29. The van der Waals surface area contributed by atoms with Crippen LogP contribution in [0.1, 0.15) is 24.2 Å². The molecule has 0 radical (unpaired) electrons. The molecule has 4 rings (SSSR count). The van der Waals surface area contributed by atoms with Crippen LogP contribution in [0.25, 0.3) is 0 Å². The number of anilines is 2. The zero-order valence-corrected chi connectivity index (χ0v) is 20.3. The van der Waals surface area contributed by atoms with E-state index in [-0.39, 0.29) is 22.6 Å². The van der Waals surface area contributed by atoms with Crippen molar-refractivity contribution in [3.63, 3.8) is 0 Å². The minimum atomic E-state index is -4.20. The number of pyridine rings is 1. The van der Waals surface area contributed by atoms with Gasteiger partial charge >= 0.3 is 0 Å². The molecule has 1 aromatic carbocycles. The van der Waals surface area contributed by atoms with Crippen LogP contribution in [-0.4, -0.2) is 49.5 Å². The number of thiazole rings is 1. The van der Waals surface area contributed by atoms with Crippen LogP contribution in [0.15, 0.2) is 46.1 Å². The molecular weight excluding hydrogens is 511 g/mol. The Hall–Kier alpha value is -2.41. The Labute approximate surface area is 204 Å². The molecule has 0 spiro atoms. The Morgan fingerprint density at radius 2 is 2.15 bits per heavy atom. The van der Waals surface area contributed by atoms with E-state index >= 15 is 0 Å². The van der Waals surface area contributed by atoms with Crippen LogP contribution < -0.4 is 9.62 Å². The van der Waals surface area contributed by atoms with E-state index in [1.165, 1.54) is 28.3 Å². The summed E-state index contributed by atoms with van der Waals surface area (Å²) in [5.74, 6) is -0.835. The van der Waals surface area contributed by atoms with Gasteiger partial charge in [0.2, 0.25) is 0 Å². The van der Waals surface area contributed by atoms with E-state index in [4.69, 9.17) is 11.6 Å². The molecule has 1 unspecified atom stereocenters. The molecule has 3 heterocycles. The standard InChI is InChI=1S/C21H21ClF3N5O2S2/c1-29(14-5-6-30(10-14)9-13-3-2-4-17(27-13)21(24)25)18-8-16(23)19(7-15(18)22)34(31,32)28-20-11-33-12-26-20/h2-4,7-8,11-12,14,21,28H,5-6,9-10H2,1H3. The molecule has 0 saturated carbocycles. The van der Waals surface area contributed by atoms with Gasteiger partial charge in [-0.3, -0.25) is 14.6 Å². The molecule has 13 heteroatoms. The Bertz CT molecular complexity index is 1260. The highest BCUT2D eigenvalue weighted by Crippen LogP contribution is 2.33. The summed E-state index contributed by atoms with van der Waals surface area (Å²) in [5, 5.41) is 1.58. The van der Waals surface area contributed by atoms with Crippen molar-refractivity contribution in [3.05, 3.63) is 63.5 Å². The second-order valence-electron chi connectivity index (χ2n) is 7.86. The number of nitrogens with zero attached hydrogens (tertiary/aromatic N) is 4. The number of rotatable bonds is 8. The van der Waals surface area contributed by atoms with Gasteiger partial charge in [0, 0.05) is 44.2 Å². The van der Waals surface area contributed by atoms with Crippen LogP contribution in [0, 0.1) is 5.82 Å². The molecule has 0 amide bonds. The fourth-order valence-corrected chi connectivity index (χ4v) is 5.86. The summed E-state index contributed by atoms with van der Waals surface area (Å²) in [4.78, 5) is 11.2. The lowest BCUT2D eigenvalue weighted by molar-refractivity contribution is 0.145. The molecule has 7 nitrogen and oxygen atoms in total. The van der Waals surface area contributed by atoms with Gasteiger partial charge in [-0.25, -0.2) is 26.6 Å². The first kappa shape index (κ1) is 24.7. The van der Waals surface area contributed by atoms with Crippen molar-refractivity contribution in [1.29, 1.82) is 0 Å². The van der Waals surface area contributed by atoms with Crippen molar-refractivity contribution in [2.24, 2.45) is 0 Å². The minimum Gasteiger partial charge on any atom is -0.369 e. The number of hydrogen-bond donors (Lipinski definition) is 1. The van der Waals surface area contributed by atoms with E-state index in [0.29, 0.717) is 31.0 Å². The Kier molecular flexibility index (Phi) is 7.31. The molecule has 1 N–H and O–H groups in total. The van der Waals surface area contributed by atoms with Gasteiger partial charge in [0.05, 0.1) is 21.9 Å². The van der Waals surface area contributed by atoms with E-state index in [1.54, 1.807) is 24.1 Å². The van der Waals surface area contributed by atoms with Gasteiger partial charge in [0.25, 0.3) is 16.4 Å². The first-order valence-electron chi connectivity index (χ1n) is 10.2. The van der Waals surface area contributed by atoms with Crippen molar-refractivity contribution in [1.82, 2.24) is 14.9 Å². The van der Waals surface area contributed by atoms with Gasteiger partial charge in [0.15, 0.2) is 5.82 Å². The molecule has 1 aliphatic rings. The fourth-order valence-electron chi connectivity index (χ4n) is 3.86. The summed E-state index contributed by atoms with van der Waals surface area (Å²) in [6, 6.07) is 6.71. The Morgan fingerprint density at radius 1 is 1.35 bits per heavy atom. The highest BCUT2D eigenvalue weighted by atomic mass is 35.5. The summed E-state index contributed by atoms with van der Waals surface area (Å²) >= 11 is 7.57. The number of aromatic nitrogens is 2. The molecule has 2 aromatic heterocycles. The van der Waals surface area contributed by atoms with Gasteiger partial charge in [-0.15, -0.1) is 11.3 Å². The quantitative estimate of drug-likeness (QED) is 0.451. The first-order valence-corrected chi connectivity index (χ1v) is 13.0. The lowest BCUT2D eigenvalue weighted by atomic mass is 10.2. The number of likely N-dealkylation sites (tertiary alicyclic amines) is 1. The smallest absolute Gasteiger partial charge is 0.280 e. The Morgan fingerprint density at radius 3 is 2.85 bits per heavy atom. The number of alkyl halides is 2. The van der Waals surface area contributed by atoms with Crippen LogP contribution in [0.2, 0.25) is 5.02 Å². The predicted molar refractivity (Wildman–Crippen MR) is 126 cm³/mol. The molecule has 3 aromatic rings. The summed E-state index contributed by atoms with van der Waals surface area (Å²) < 4.78 is 68.1. The maximum absolute atomic E-state index is 14.9. The largest absolute Gasteiger partial charge is 0.369 e. The van der Waals surface area contributed by atoms with Crippen LogP contribution in [-0.2, 0) is 16.6 Å². The molecule has 34 heavy (non-hydrogen) atoms. The number of benzene rings is 1. The maximum Gasteiger partial charge on any atom is 0.280 e. The third kappa shape index (κ3) is 5.45. The third-order valence-corrected chi connectivity index (χ3v) is 7.83. The fraction of sp³-hybridized carbons (Fsp3) is 0.333. The molecule has 0 aliphatic carbocycles. The van der Waals surface area contributed by atoms with Crippen molar-refractivity contribution >= 4 is 44.5 Å². The van der Waals surface area contributed by atoms with Crippen LogP contribution in [0.5, 0.6) is 0 Å². The average Bonchev–Trinajstić information content (AvgIpc) is 3.46. The summed E-state index contributed by atoms with van der Waals surface area (Å²) in [6.07, 6.45) is -1.90. The monoisotopic (exact) mass is 531 g/mol. The number of nitrogens with one attached hydrogen (secondary N) is 1. The van der Waals surface area contributed by atoms with Crippen molar-refractivity contribution in [3.8, 4) is 0 Å². The summed E-state index contributed by atoms with van der Waals surface area (Å²) in [7, 11) is -2.45. The minimum absolute atomic E-state index is 0.0363. The van der Waals surface area contributed by atoms with Gasteiger partial charge in [0.1, 0.15) is 16.4 Å². The van der Waals surface area contributed by atoms with E-state index in [1.807, 2.05) is 0 Å². The van der Waals surface area contributed by atoms with E-state index in [2.05, 4.69) is 19.6 Å². The van der Waals surface area contributed by atoms with E-state index in [9.17, 15) is 21.6 Å². The van der Waals surface area contributed by atoms with E-state index < -0.39 is 27.2 Å². The average molecular weight is 532 g/mol. The lowest BCUT2D eigenvalue weighted by Gasteiger charge is -2.28. The molecule has 1 fully saturated rings.